The zero-order valence-corrected chi connectivity index (χ0v) is 13.9. The van der Waals surface area contributed by atoms with Crippen LogP contribution in [0.3, 0.4) is 0 Å². The standard InChI is InChI=1S/C23H19NO/c25-21-11-5-8-15-12-13-20(24-23(15)21)22-18-9-3-1-6-16(18)14-17-7-2-4-10-19(17)22/h1-4,6-7,9-10,12-14,21,25H,5,8,11H2/t21-/m1/s1. The van der Waals surface area contributed by atoms with E-state index in [-0.39, 0.29) is 0 Å². The van der Waals surface area contributed by atoms with Crippen LogP contribution in [-0.4, -0.2) is 10.1 Å². The first-order valence-electron chi connectivity index (χ1n) is 8.90. The van der Waals surface area contributed by atoms with E-state index in [0.29, 0.717) is 0 Å². The van der Waals surface area contributed by atoms with Crippen molar-refractivity contribution in [2.45, 2.75) is 25.4 Å². The normalized spacial score (nSPS) is 16.9. The molecule has 0 spiro atoms. The molecule has 1 aromatic heterocycles. The minimum atomic E-state index is -0.440. The van der Waals surface area contributed by atoms with Gasteiger partial charge in [-0.25, -0.2) is 4.98 Å². The van der Waals surface area contributed by atoms with Crippen molar-refractivity contribution < 1.29 is 5.11 Å². The van der Waals surface area contributed by atoms with E-state index in [1.807, 2.05) is 0 Å². The molecule has 0 bridgehead atoms. The molecule has 2 heteroatoms. The van der Waals surface area contributed by atoms with Gasteiger partial charge in [0.15, 0.2) is 0 Å². The van der Waals surface area contributed by atoms with Gasteiger partial charge < -0.3 is 5.11 Å². The van der Waals surface area contributed by atoms with E-state index in [4.69, 9.17) is 4.98 Å². The first-order chi connectivity index (χ1) is 12.3. The Morgan fingerprint density at radius 3 is 2.24 bits per heavy atom. The van der Waals surface area contributed by atoms with Crippen LogP contribution in [0.5, 0.6) is 0 Å². The molecule has 1 N–H and O–H groups in total. The maximum absolute atomic E-state index is 10.4. The topological polar surface area (TPSA) is 33.1 Å². The summed E-state index contributed by atoms with van der Waals surface area (Å²) < 4.78 is 0. The highest BCUT2D eigenvalue weighted by Crippen LogP contribution is 2.37. The number of aromatic nitrogens is 1. The van der Waals surface area contributed by atoms with Crippen LogP contribution in [0.1, 0.15) is 30.2 Å². The van der Waals surface area contributed by atoms with Gasteiger partial charge in [0.25, 0.3) is 0 Å². The fraction of sp³-hybridized carbons (Fsp3) is 0.174. The number of aliphatic hydroxyl groups is 1. The van der Waals surface area contributed by atoms with Crippen molar-refractivity contribution >= 4 is 21.5 Å². The maximum Gasteiger partial charge on any atom is 0.0962 e. The molecule has 1 aliphatic rings. The Balaban J connectivity index is 1.86. The van der Waals surface area contributed by atoms with Gasteiger partial charge >= 0.3 is 0 Å². The quantitative estimate of drug-likeness (QED) is 0.474. The average Bonchev–Trinajstić information content (AvgIpc) is 2.66. The van der Waals surface area contributed by atoms with Crippen molar-refractivity contribution in [2.75, 3.05) is 0 Å². The number of hydrogen-bond donors (Lipinski definition) is 1. The number of rotatable bonds is 1. The summed E-state index contributed by atoms with van der Waals surface area (Å²) in [5, 5.41) is 15.2. The highest BCUT2D eigenvalue weighted by atomic mass is 16.3. The van der Waals surface area contributed by atoms with E-state index in [9.17, 15) is 5.11 Å². The first-order valence-corrected chi connectivity index (χ1v) is 8.90. The van der Waals surface area contributed by atoms with E-state index < -0.39 is 6.10 Å². The molecular formula is C23H19NO. The molecule has 0 unspecified atom stereocenters. The highest BCUT2D eigenvalue weighted by molar-refractivity contribution is 6.12. The molecule has 0 saturated heterocycles. The van der Waals surface area contributed by atoms with Gasteiger partial charge in [-0.05, 0) is 58.5 Å². The fourth-order valence-electron chi connectivity index (χ4n) is 4.06. The van der Waals surface area contributed by atoms with E-state index in [1.54, 1.807) is 0 Å². The van der Waals surface area contributed by atoms with Gasteiger partial charge in [0.05, 0.1) is 17.5 Å². The SMILES string of the molecule is O[C@@H]1CCCc2ccc(-c3c4ccccc4cc4ccccc34)nc21. The second-order valence-electron chi connectivity index (χ2n) is 6.84. The number of nitrogens with zero attached hydrogens (tertiary/aromatic N) is 1. The van der Waals surface area contributed by atoms with Gasteiger partial charge in [0.1, 0.15) is 0 Å². The molecule has 0 saturated carbocycles. The van der Waals surface area contributed by atoms with E-state index in [2.05, 4.69) is 66.7 Å². The second-order valence-corrected chi connectivity index (χ2v) is 6.84. The molecule has 122 valence electrons. The molecule has 5 rings (SSSR count). The molecule has 0 radical (unpaired) electrons. The Morgan fingerprint density at radius 1 is 0.840 bits per heavy atom. The van der Waals surface area contributed by atoms with Crippen molar-refractivity contribution in [3.05, 3.63) is 78.0 Å². The third kappa shape index (κ3) is 2.33. The summed E-state index contributed by atoms with van der Waals surface area (Å²) in [6, 6.07) is 23.4. The molecule has 0 fully saturated rings. The van der Waals surface area contributed by atoms with Crippen molar-refractivity contribution in [1.29, 1.82) is 0 Å². The molecule has 25 heavy (non-hydrogen) atoms. The van der Waals surface area contributed by atoms with Crippen molar-refractivity contribution in [2.24, 2.45) is 0 Å². The summed E-state index contributed by atoms with van der Waals surface area (Å²) in [7, 11) is 0. The lowest BCUT2D eigenvalue weighted by Gasteiger charge is -2.21. The predicted octanol–water partition coefficient (Wildman–Crippen LogP) is 5.42. The largest absolute Gasteiger partial charge is 0.387 e. The summed E-state index contributed by atoms with van der Waals surface area (Å²) in [5.41, 5.74) is 4.16. The zero-order chi connectivity index (χ0) is 16.8. The van der Waals surface area contributed by atoms with Gasteiger partial charge in [-0.1, -0.05) is 54.6 Å². The van der Waals surface area contributed by atoms with E-state index in [0.717, 1.165) is 36.2 Å². The maximum atomic E-state index is 10.4. The lowest BCUT2D eigenvalue weighted by molar-refractivity contribution is 0.151. The summed E-state index contributed by atoms with van der Waals surface area (Å²) in [5.74, 6) is 0. The van der Waals surface area contributed by atoms with Crippen LogP contribution in [0.15, 0.2) is 66.7 Å². The van der Waals surface area contributed by atoms with Crippen LogP contribution in [0.2, 0.25) is 0 Å². The van der Waals surface area contributed by atoms with Gasteiger partial charge in [0.2, 0.25) is 0 Å². The number of fused-ring (bicyclic) bond motifs is 3. The van der Waals surface area contributed by atoms with Gasteiger partial charge in [0, 0.05) is 5.56 Å². The third-order valence-electron chi connectivity index (χ3n) is 5.28. The monoisotopic (exact) mass is 325 g/mol. The molecule has 1 atom stereocenters. The molecular weight excluding hydrogens is 306 g/mol. The number of pyridine rings is 1. The minimum Gasteiger partial charge on any atom is -0.387 e. The van der Waals surface area contributed by atoms with Crippen LogP contribution < -0.4 is 0 Å². The molecule has 1 heterocycles. The molecule has 4 aromatic rings. The van der Waals surface area contributed by atoms with Crippen molar-refractivity contribution in [3.63, 3.8) is 0 Å². The molecule has 2 nitrogen and oxygen atoms in total. The van der Waals surface area contributed by atoms with Gasteiger partial charge in [-0.15, -0.1) is 0 Å². The first kappa shape index (κ1) is 14.6. The van der Waals surface area contributed by atoms with Gasteiger partial charge in [-0.2, -0.15) is 0 Å². The van der Waals surface area contributed by atoms with Crippen molar-refractivity contribution in [1.82, 2.24) is 4.98 Å². The molecule has 1 aliphatic carbocycles. The van der Waals surface area contributed by atoms with Crippen LogP contribution in [0.4, 0.5) is 0 Å². The van der Waals surface area contributed by atoms with Crippen LogP contribution in [-0.2, 0) is 6.42 Å². The Kier molecular flexibility index (Phi) is 3.32. The Morgan fingerprint density at radius 2 is 1.52 bits per heavy atom. The molecule has 3 aromatic carbocycles. The predicted molar refractivity (Wildman–Crippen MR) is 103 cm³/mol. The third-order valence-corrected chi connectivity index (χ3v) is 5.28. The second kappa shape index (κ2) is 5.68. The number of benzene rings is 3. The Bertz CT molecular complexity index is 1050. The Labute approximate surface area is 146 Å². The lowest BCUT2D eigenvalue weighted by Crippen LogP contribution is -2.11. The minimum absolute atomic E-state index is 0.440. The van der Waals surface area contributed by atoms with Gasteiger partial charge in [-0.3, -0.25) is 0 Å². The summed E-state index contributed by atoms with van der Waals surface area (Å²) in [4.78, 5) is 4.91. The highest BCUT2D eigenvalue weighted by Gasteiger charge is 2.21. The smallest absolute Gasteiger partial charge is 0.0962 e. The van der Waals surface area contributed by atoms with Crippen LogP contribution >= 0.6 is 0 Å². The average molecular weight is 325 g/mol. The summed E-state index contributed by atoms with van der Waals surface area (Å²) in [6.07, 6.45) is 2.41. The summed E-state index contributed by atoms with van der Waals surface area (Å²) >= 11 is 0. The van der Waals surface area contributed by atoms with Crippen molar-refractivity contribution in [3.8, 4) is 11.3 Å². The fourth-order valence-corrected chi connectivity index (χ4v) is 4.06. The molecule has 0 amide bonds. The van der Waals surface area contributed by atoms with E-state index in [1.165, 1.54) is 27.1 Å². The van der Waals surface area contributed by atoms with Crippen LogP contribution in [0, 0.1) is 0 Å². The number of aryl methyl sites for hydroxylation is 1. The summed E-state index contributed by atoms with van der Waals surface area (Å²) in [6.45, 7) is 0. The lowest BCUT2D eigenvalue weighted by atomic mass is 9.91. The number of aliphatic hydroxyl groups excluding tert-OH is 1. The molecule has 0 aliphatic heterocycles. The zero-order valence-electron chi connectivity index (χ0n) is 13.9. The Hall–Kier alpha value is -2.71. The number of hydrogen-bond acceptors (Lipinski definition) is 2. The van der Waals surface area contributed by atoms with E-state index >= 15 is 0 Å². The van der Waals surface area contributed by atoms with Crippen LogP contribution in [0.25, 0.3) is 32.8 Å².